The molecule has 2 aromatic heterocycles. The molecule has 0 unspecified atom stereocenters. The zero-order valence-corrected chi connectivity index (χ0v) is 34.1. The van der Waals surface area contributed by atoms with E-state index < -0.39 is 52.2 Å². The summed E-state index contributed by atoms with van der Waals surface area (Å²) >= 11 is 0. The highest BCUT2D eigenvalue weighted by Gasteiger charge is 2.49. The lowest BCUT2D eigenvalue weighted by atomic mass is 9.91. The van der Waals surface area contributed by atoms with Crippen LogP contribution in [0.2, 0.25) is 0 Å². The summed E-state index contributed by atoms with van der Waals surface area (Å²) in [6.07, 6.45) is 2.59. The van der Waals surface area contributed by atoms with E-state index in [9.17, 15) is 18.8 Å². The summed E-state index contributed by atoms with van der Waals surface area (Å²) in [7, 11) is 1.45. The van der Waals surface area contributed by atoms with E-state index in [0.29, 0.717) is 48.9 Å². The quantitative estimate of drug-likeness (QED) is 0.114. The van der Waals surface area contributed by atoms with Crippen molar-refractivity contribution < 1.29 is 46.4 Å². The summed E-state index contributed by atoms with van der Waals surface area (Å²) in [6.45, 7) is 8.91. The number of aromatic amines is 1. The van der Waals surface area contributed by atoms with Crippen molar-refractivity contribution >= 4 is 33.9 Å². The van der Waals surface area contributed by atoms with Gasteiger partial charge in [-0.05, 0) is 107 Å². The number of benzene rings is 2. The fourth-order valence-electron chi connectivity index (χ4n) is 8.60. The third-order valence-corrected chi connectivity index (χ3v) is 11.2. The summed E-state index contributed by atoms with van der Waals surface area (Å²) in [5, 5.41) is 3.61. The molecule has 14 nitrogen and oxygen atoms in total. The van der Waals surface area contributed by atoms with Crippen LogP contribution in [0.3, 0.4) is 0 Å². The zero-order valence-electron chi connectivity index (χ0n) is 34.1. The Labute approximate surface area is 339 Å². The van der Waals surface area contributed by atoms with E-state index in [1.165, 1.54) is 31.5 Å². The lowest BCUT2D eigenvalue weighted by Gasteiger charge is -2.40. The number of ether oxygens (including phenoxy) is 5. The highest BCUT2D eigenvalue weighted by molar-refractivity contribution is 6.01. The van der Waals surface area contributed by atoms with E-state index in [4.69, 9.17) is 23.7 Å². The number of methoxy groups -OCH3 is 1. The number of likely N-dealkylation sites (tertiary alicyclic amines) is 1. The smallest absolute Gasteiger partial charge is 0.410 e. The number of alkyl halides is 1. The summed E-state index contributed by atoms with van der Waals surface area (Å²) in [4.78, 5) is 53.7. The van der Waals surface area contributed by atoms with Crippen molar-refractivity contribution in [1.29, 1.82) is 0 Å². The first-order valence-corrected chi connectivity index (χ1v) is 20.0. The minimum Gasteiger partial charge on any atom is -0.468 e. The molecule has 2 aromatic carbocycles. The van der Waals surface area contributed by atoms with Gasteiger partial charge in [-0.3, -0.25) is 19.7 Å². The average Bonchev–Trinajstić information content (AvgIpc) is 3.70. The first kappa shape index (κ1) is 42.0. The number of fused-ring (bicyclic) bond motifs is 3. The first-order valence-electron chi connectivity index (χ1n) is 20.0. The number of carbonyl (C=O) groups is 2. The summed E-state index contributed by atoms with van der Waals surface area (Å²) in [6, 6.07) is 5.81. The summed E-state index contributed by atoms with van der Waals surface area (Å²) in [5.41, 5.74) is -2.73. The molecule has 3 atom stereocenters. The molecule has 5 heterocycles. The molecule has 0 radical (unpaired) electrons. The first-order chi connectivity index (χ1) is 28.1. The molecule has 0 aliphatic carbocycles. The maximum absolute atomic E-state index is 16.8. The van der Waals surface area contributed by atoms with E-state index in [0.717, 1.165) is 19.4 Å². The van der Waals surface area contributed by atoms with Crippen LogP contribution in [-0.2, 0) is 20.6 Å². The van der Waals surface area contributed by atoms with Crippen LogP contribution >= 0.6 is 0 Å². The van der Waals surface area contributed by atoms with Gasteiger partial charge in [-0.2, -0.15) is 4.98 Å². The second-order valence-electron chi connectivity index (χ2n) is 17.0. The van der Waals surface area contributed by atoms with Gasteiger partial charge in [0.2, 0.25) is 0 Å². The van der Waals surface area contributed by atoms with Gasteiger partial charge in [-0.25, -0.2) is 22.8 Å². The van der Waals surface area contributed by atoms with Gasteiger partial charge in [0.15, 0.2) is 12.6 Å². The van der Waals surface area contributed by atoms with Gasteiger partial charge in [0.1, 0.15) is 41.2 Å². The summed E-state index contributed by atoms with van der Waals surface area (Å²) < 4.78 is 74.8. The van der Waals surface area contributed by atoms with E-state index in [1.807, 2.05) is 6.92 Å². The van der Waals surface area contributed by atoms with Crippen LogP contribution in [0.25, 0.3) is 32.9 Å². The van der Waals surface area contributed by atoms with E-state index >= 15 is 8.78 Å². The molecule has 4 aromatic rings. The third kappa shape index (κ3) is 9.20. The second kappa shape index (κ2) is 16.8. The molecule has 7 rings (SSSR count). The number of aryl methyl sites for hydroxylation is 1. The SMILES string of the molecule is COCOc1cc(-c2ncc3c(=O)[nH]c(OC[C@@]45CCCN4C[C@H](F)C5)nc3c2F)c2c(CCCOC(=O)N[C@]3(C)CCCN(C(=O)OC(C)(C)C)C3)c(F)ccc2c1. The third-order valence-electron chi connectivity index (χ3n) is 11.2. The number of pyridine rings is 1. The number of aromatic nitrogens is 3. The predicted molar refractivity (Wildman–Crippen MR) is 212 cm³/mol. The fraction of sp³-hybridized carbons (Fsp3) is 0.548. The van der Waals surface area contributed by atoms with Crippen LogP contribution < -0.4 is 20.3 Å². The van der Waals surface area contributed by atoms with Gasteiger partial charge in [0.25, 0.3) is 11.6 Å². The second-order valence-corrected chi connectivity index (χ2v) is 17.0. The molecule has 2 N–H and O–H groups in total. The molecule has 0 saturated carbocycles. The number of amides is 2. The number of hydrogen-bond donors (Lipinski definition) is 2. The standard InChI is InChI=1S/C42H51F3N6O8/c1-40(2,3)59-39(54)50-14-7-12-41(4,22-50)49-38(53)56-16-6-9-28-31(44)11-10-25-17-27(58-24-55-5)18-29(32(25)28)34-33(45)35-30(20-46-34)36(52)48-37(47-35)57-23-42-13-8-15-51(42)21-26(43)19-42/h10-11,17-18,20,26H,6-9,12-16,19,21-24H2,1-5H3,(H,49,53)(H,47,48,52)/t26-,41-,42+/m1/s1. The number of halogens is 3. The molecule has 59 heavy (non-hydrogen) atoms. The molecule has 3 aliphatic heterocycles. The number of alkyl carbamates (subject to hydrolysis) is 1. The Balaban J connectivity index is 1.12. The van der Waals surface area contributed by atoms with Crippen molar-refractivity contribution in [2.45, 2.75) is 95.5 Å². The van der Waals surface area contributed by atoms with Crippen molar-refractivity contribution in [2.75, 3.05) is 53.3 Å². The average molecular weight is 825 g/mol. The van der Waals surface area contributed by atoms with Gasteiger partial charge >= 0.3 is 12.2 Å². The minimum absolute atomic E-state index is 0.0685. The number of nitrogens with zero attached hydrogens (tertiary/aromatic N) is 4. The van der Waals surface area contributed by atoms with Gasteiger partial charge in [-0.1, -0.05) is 6.07 Å². The maximum atomic E-state index is 16.8. The summed E-state index contributed by atoms with van der Waals surface area (Å²) in [5.74, 6) is -1.22. The Bertz CT molecular complexity index is 2290. The fourth-order valence-corrected chi connectivity index (χ4v) is 8.60. The molecule has 17 heteroatoms. The maximum Gasteiger partial charge on any atom is 0.410 e. The van der Waals surface area contributed by atoms with Gasteiger partial charge in [0, 0.05) is 44.9 Å². The van der Waals surface area contributed by atoms with Crippen LogP contribution in [0.5, 0.6) is 11.8 Å². The Morgan fingerprint density at radius 3 is 2.68 bits per heavy atom. The largest absolute Gasteiger partial charge is 0.468 e. The molecule has 0 bridgehead atoms. The number of carbonyl (C=O) groups excluding carboxylic acids is 2. The van der Waals surface area contributed by atoms with Crippen LogP contribution in [0.4, 0.5) is 22.8 Å². The van der Waals surface area contributed by atoms with E-state index in [1.54, 1.807) is 31.7 Å². The van der Waals surface area contributed by atoms with Crippen LogP contribution in [0.15, 0.2) is 35.3 Å². The Kier molecular flexibility index (Phi) is 12.0. The van der Waals surface area contributed by atoms with Gasteiger partial charge in [-0.15, -0.1) is 0 Å². The van der Waals surface area contributed by atoms with Gasteiger partial charge < -0.3 is 33.9 Å². The normalized spacial score (nSPS) is 22.1. The predicted octanol–water partition coefficient (Wildman–Crippen LogP) is 6.80. The number of nitrogens with one attached hydrogen (secondary N) is 2. The topological polar surface area (TPSA) is 157 Å². The molecule has 3 saturated heterocycles. The number of H-pyrrole nitrogens is 1. The Hall–Kier alpha value is -5.16. The monoisotopic (exact) mass is 824 g/mol. The molecule has 2 amide bonds. The zero-order chi connectivity index (χ0) is 42.1. The van der Waals surface area contributed by atoms with Gasteiger partial charge in [0.05, 0.1) is 23.1 Å². The lowest BCUT2D eigenvalue weighted by Crippen LogP contribution is -2.58. The number of piperidine rings is 1. The molecule has 0 spiro atoms. The van der Waals surface area contributed by atoms with Crippen molar-refractivity contribution in [3.8, 4) is 23.0 Å². The number of hydrogen-bond acceptors (Lipinski definition) is 11. The molecule has 3 aliphatic rings. The van der Waals surface area contributed by atoms with Crippen LogP contribution in [0.1, 0.15) is 71.8 Å². The number of rotatable bonds is 12. The van der Waals surface area contributed by atoms with E-state index in [-0.39, 0.29) is 73.1 Å². The van der Waals surface area contributed by atoms with Crippen LogP contribution in [0, 0.1) is 11.6 Å². The Morgan fingerprint density at radius 1 is 1.10 bits per heavy atom. The Morgan fingerprint density at radius 2 is 1.90 bits per heavy atom. The van der Waals surface area contributed by atoms with E-state index in [2.05, 4.69) is 25.2 Å². The molecular weight excluding hydrogens is 773 g/mol. The molecular formula is C42H51F3N6O8. The van der Waals surface area contributed by atoms with Crippen molar-refractivity contribution in [3.05, 3.63) is 58.0 Å². The minimum atomic E-state index is -0.982. The molecule has 318 valence electrons. The highest BCUT2D eigenvalue weighted by atomic mass is 19.1. The lowest BCUT2D eigenvalue weighted by molar-refractivity contribution is 0.0118. The van der Waals surface area contributed by atoms with Crippen LogP contribution in [-0.4, -0.2) is 113 Å². The van der Waals surface area contributed by atoms with Crippen molar-refractivity contribution in [2.24, 2.45) is 0 Å². The highest BCUT2D eigenvalue weighted by Crippen LogP contribution is 2.41. The van der Waals surface area contributed by atoms with Crippen molar-refractivity contribution in [1.82, 2.24) is 30.1 Å². The van der Waals surface area contributed by atoms with Crippen molar-refractivity contribution in [3.63, 3.8) is 0 Å². The molecule has 3 fully saturated rings.